The number of rotatable bonds is 2. The van der Waals surface area contributed by atoms with Crippen LogP contribution in [0, 0.1) is 5.92 Å². The fraction of sp³-hybridized carbons (Fsp3) is 1.00. The molecular weight excluding hydrogens is 210 g/mol. The van der Waals surface area contributed by atoms with Crippen LogP contribution in [0.1, 0.15) is 32.6 Å². The summed E-state index contributed by atoms with van der Waals surface area (Å²) in [6.45, 7) is 10.2. The minimum Gasteiger partial charge on any atom is -0.315 e. The third-order valence-corrected chi connectivity index (χ3v) is 5.13. The van der Waals surface area contributed by atoms with Gasteiger partial charge in [-0.05, 0) is 51.4 Å². The summed E-state index contributed by atoms with van der Waals surface area (Å²) in [5, 5.41) is 3.60. The van der Waals surface area contributed by atoms with E-state index in [1.807, 2.05) is 0 Å². The van der Waals surface area contributed by atoms with Crippen LogP contribution in [0.3, 0.4) is 0 Å². The fourth-order valence-electron chi connectivity index (χ4n) is 4.10. The molecule has 3 rings (SSSR count). The van der Waals surface area contributed by atoms with E-state index in [-0.39, 0.29) is 0 Å². The first kappa shape index (κ1) is 11.9. The molecule has 3 aliphatic rings. The Bertz CT molecular complexity index is 256. The molecule has 1 N–H and O–H groups in total. The molecule has 17 heavy (non-hydrogen) atoms. The molecule has 0 aromatic carbocycles. The molecule has 3 heteroatoms. The Hall–Kier alpha value is -0.120. The van der Waals surface area contributed by atoms with Gasteiger partial charge in [0.15, 0.2) is 0 Å². The zero-order valence-corrected chi connectivity index (χ0v) is 11.2. The van der Waals surface area contributed by atoms with Crippen molar-refractivity contribution in [2.24, 2.45) is 5.92 Å². The summed E-state index contributed by atoms with van der Waals surface area (Å²) in [5.74, 6) is 0.892. The minimum atomic E-state index is 0.820. The normalized spacial score (nSPS) is 40.4. The van der Waals surface area contributed by atoms with E-state index >= 15 is 0 Å². The highest BCUT2D eigenvalue weighted by molar-refractivity contribution is 4.93. The summed E-state index contributed by atoms with van der Waals surface area (Å²) in [5.41, 5.74) is 0. The van der Waals surface area contributed by atoms with Crippen LogP contribution in [-0.2, 0) is 0 Å². The first-order valence-corrected chi connectivity index (χ1v) is 7.57. The van der Waals surface area contributed by atoms with E-state index in [4.69, 9.17) is 0 Å². The van der Waals surface area contributed by atoms with Crippen molar-refractivity contribution in [2.75, 3.05) is 39.3 Å². The predicted molar refractivity (Wildman–Crippen MR) is 71.2 cm³/mol. The summed E-state index contributed by atoms with van der Waals surface area (Å²) < 4.78 is 0. The first-order chi connectivity index (χ1) is 8.38. The second-order valence-corrected chi connectivity index (χ2v) is 6.07. The van der Waals surface area contributed by atoms with Crippen LogP contribution in [0.4, 0.5) is 0 Å². The van der Waals surface area contributed by atoms with Gasteiger partial charge in [-0.1, -0.05) is 13.3 Å². The molecule has 0 spiro atoms. The molecule has 98 valence electrons. The maximum absolute atomic E-state index is 3.60. The highest BCUT2D eigenvalue weighted by Crippen LogP contribution is 2.26. The van der Waals surface area contributed by atoms with Gasteiger partial charge < -0.3 is 5.32 Å². The van der Waals surface area contributed by atoms with Gasteiger partial charge in [0, 0.05) is 25.2 Å². The zero-order valence-electron chi connectivity index (χ0n) is 11.2. The molecule has 0 saturated carbocycles. The molecule has 0 aliphatic carbocycles. The lowest BCUT2D eigenvalue weighted by Gasteiger charge is -2.33. The van der Waals surface area contributed by atoms with Crippen LogP contribution in [-0.4, -0.2) is 61.2 Å². The Morgan fingerprint density at radius 2 is 1.88 bits per heavy atom. The monoisotopic (exact) mass is 237 g/mol. The van der Waals surface area contributed by atoms with Gasteiger partial charge in [-0.25, -0.2) is 0 Å². The molecule has 3 atom stereocenters. The Morgan fingerprint density at radius 3 is 2.76 bits per heavy atom. The summed E-state index contributed by atoms with van der Waals surface area (Å²) >= 11 is 0. The van der Waals surface area contributed by atoms with Gasteiger partial charge in [0.25, 0.3) is 0 Å². The summed E-state index contributed by atoms with van der Waals surface area (Å²) in [6.07, 6.45) is 5.58. The van der Waals surface area contributed by atoms with Crippen LogP contribution in [0.25, 0.3) is 0 Å². The van der Waals surface area contributed by atoms with Crippen molar-refractivity contribution in [1.29, 1.82) is 0 Å². The van der Waals surface area contributed by atoms with Gasteiger partial charge in [0.2, 0.25) is 0 Å². The molecule has 0 radical (unpaired) electrons. The topological polar surface area (TPSA) is 18.5 Å². The van der Waals surface area contributed by atoms with E-state index in [9.17, 15) is 0 Å². The number of nitrogens with zero attached hydrogens (tertiary/aromatic N) is 2. The number of nitrogens with one attached hydrogen (secondary N) is 1. The first-order valence-electron chi connectivity index (χ1n) is 7.57. The maximum Gasteiger partial charge on any atom is 0.0261 e. The average molecular weight is 237 g/mol. The molecule has 3 unspecified atom stereocenters. The molecule has 3 saturated heterocycles. The SMILES string of the molecule is CCC1CNCC1N1CCCN2CCCC2C1. The van der Waals surface area contributed by atoms with E-state index in [0.29, 0.717) is 0 Å². The van der Waals surface area contributed by atoms with Gasteiger partial charge in [-0.15, -0.1) is 0 Å². The highest BCUT2D eigenvalue weighted by atomic mass is 15.3. The quantitative estimate of drug-likeness (QED) is 0.777. The van der Waals surface area contributed by atoms with E-state index in [1.165, 1.54) is 65.0 Å². The molecular formula is C14H27N3. The van der Waals surface area contributed by atoms with Crippen molar-refractivity contribution in [2.45, 2.75) is 44.7 Å². The van der Waals surface area contributed by atoms with E-state index < -0.39 is 0 Å². The molecule has 0 aromatic heterocycles. The van der Waals surface area contributed by atoms with Gasteiger partial charge >= 0.3 is 0 Å². The second-order valence-electron chi connectivity index (χ2n) is 6.07. The summed E-state index contributed by atoms with van der Waals surface area (Å²) in [6, 6.07) is 1.69. The van der Waals surface area contributed by atoms with Crippen molar-refractivity contribution in [3.63, 3.8) is 0 Å². The largest absolute Gasteiger partial charge is 0.315 e. The van der Waals surface area contributed by atoms with Crippen molar-refractivity contribution < 1.29 is 0 Å². The molecule has 3 fully saturated rings. The van der Waals surface area contributed by atoms with Crippen LogP contribution >= 0.6 is 0 Å². The standard InChI is InChI=1S/C14H27N3/c1-2-12-9-15-10-14(12)17-8-4-7-16-6-3-5-13(16)11-17/h12-15H,2-11H2,1H3. The van der Waals surface area contributed by atoms with E-state index in [0.717, 1.165) is 18.0 Å². The van der Waals surface area contributed by atoms with Crippen molar-refractivity contribution in [1.82, 2.24) is 15.1 Å². The molecule has 3 aliphatic heterocycles. The number of fused-ring (bicyclic) bond motifs is 1. The molecule has 0 bridgehead atoms. The van der Waals surface area contributed by atoms with Crippen LogP contribution in [0.2, 0.25) is 0 Å². The lowest BCUT2D eigenvalue weighted by atomic mass is 9.98. The molecule has 0 amide bonds. The summed E-state index contributed by atoms with van der Waals surface area (Å²) in [4.78, 5) is 5.55. The van der Waals surface area contributed by atoms with Crippen molar-refractivity contribution in [3.05, 3.63) is 0 Å². The average Bonchev–Trinajstić information content (AvgIpc) is 2.94. The third-order valence-electron chi connectivity index (χ3n) is 5.13. The van der Waals surface area contributed by atoms with Crippen molar-refractivity contribution in [3.8, 4) is 0 Å². The zero-order chi connectivity index (χ0) is 11.7. The minimum absolute atomic E-state index is 0.820. The highest BCUT2D eigenvalue weighted by Gasteiger charge is 2.35. The molecule has 3 nitrogen and oxygen atoms in total. The van der Waals surface area contributed by atoms with Crippen LogP contribution < -0.4 is 5.32 Å². The van der Waals surface area contributed by atoms with Gasteiger partial charge in [0.1, 0.15) is 0 Å². The third kappa shape index (κ3) is 2.38. The molecule has 3 heterocycles. The molecule has 0 aromatic rings. The Balaban J connectivity index is 1.66. The number of hydrogen-bond acceptors (Lipinski definition) is 3. The van der Waals surface area contributed by atoms with Crippen molar-refractivity contribution >= 4 is 0 Å². The van der Waals surface area contributed by atoms with Gasteiger partial charge in [-0.2, -0.15) is 0 Å². The Morgan fingerprint density at radius 1 is 1.06 bits per heavy atom. The van der Waals surface area contributed by atoms with Gasteiger partial charge in [0.05, 0.1) is 0 Å². The smallest absolute Gasteiger partial charge is 0.0261 e. The van der Waals surface area contributed by atoms with Crippen LogP contribution in [0.15, 0.2) is 0 Å². The predicted octanol–water partition coefficient (Wildman–Crippen LogP) is 1.15. The van der Waals surface area contributed by atoms with E-state index in [1.54, 1.807) is 0 Å². The Labute approximate surface area is 106 Å². The second kappa shape index (κ2) is 5.25. The summed E-state index contributed by atoms with van der Waals surface area (Å²) in [7, 11) is 0. The van der Waals surface area contributed by atoms with Gasteiger partial charge in [-0.3, -0.25) is 9.80 Å². The fourth-order valence-corrected chi connectivity index (χ4v) is 4.10. The lowest BCUT2D eigenvalue weighted by molar-refractivity contribution is 0.152. The van der Waals surface area contributed by atoms with E-state index in [2.05, 4.69) is 22.0 Å². The number of hydrogen-bond donors (Lipinski definition) is 1. The van der Waals surface area contributed by atoms with Crippen LogP contribution in [0.5, 0.6) is 0 Å². The Kier molecular flexibility index (Phi) is 3.69. The maximum atomic E-state index is 3.60. The lowest BCUT2D eigenvalue weighted by Crippen LogP contribution is -2.45.